The molecule has 0 heteroatoms. The lowest BCUT2D eigenvalue weighted by atomic mass is 10.1. The van der Waals surface area contributed by atoms with Gasteiger partial charge in [-0.05, 0) is 35.6 Å². The van der Waals surface area contributed by atoms with Gasteiger partial charge in [-0.1, -0.05) is 67.5 Å². The predicted molar refractivity (Wildman–Crippen MR) is 97.7 cm³/mol. The highest BCUT2D eigenvalue weighted by Crippen LogP contribution is 2.34. The smallest absolute Gasteiger partial charge is 0.00256 e. The Morgan fingerprint density at radius 1 is 0.789 bits per heavy atom. The quantitative estimate of drug-likeness (QED) is 0.403. The van der Waals surface area contributed by atoms with Crippen LogP contribution in [0.1, 0.15) is 48.5 Å². The molecule has 0 unspecified atom stereocenters. The molecule has 1 saturated carbocycles. The van der Waals surface area contributed by atoms with Crippen molar-refractivity contribution in [2.75, 3.05) is 0 Å². The minimum atomic E-state index is 0. The Hall–Kier alpha value is -1.56. The molecule has 1 fully saturated rings. The first kappa shape index (κ1) is 30.5. The summed E-state index contributed by atoms with van der Waals surface area (Å²) in [7, 11) is 0. The predicted octanol–water partition coefficient (Wildman–Crippen LogP) is 7.30. The molecule has 1 rings (SSSR count). The summed E-state index contributed by atoms with van der Waals surface area (Å²) in [6.45, 7) is 34.5. The van der Waals surface area contributed by atoms with Crippen LogP contribution in [0.25, 0.3) is 0 Å². The maximum Gasteiger partial charge on any atom is -0.00256 e. The molecule has 0 saturated heterocycles. The third kappa shape index (κ3) is 16.4. The van der Waals surface area contributed by atoms with Crippen molar-refractivity contribution in [1.29, 1.82) is 0 Å². The van der Waals surface area contributed by atoms with E-state index in [2.05, 4.69) is 46.1 Å². The standard InChI is InChI=1S/C9H10.C3H6.2C2H6.C2H4.CH4/c1-6-5-7(2)9(4)8(6)3;1-3-2;3*1-2;/h1-5H2;3H,1H2,2H3;2*1-2H3;1-2H2;1H4. The number of allylic oxidation sites excluding steroid dienone is 5. The zero-order valence-corrected chi connectivity index (χ0v) is 13.2. The fourth-order valence-corrected chi connectivity index (χ4v) is 0.898. The summed E-state index contributed by atoms with van der Waals surface area (Å²) >= 11 is 0. The van der Waals surface area contributed by atoms with Gasteiger partial charge in [0.2, 0.25) is 0 Å². The van der Waals surface area contributed by atoms with Gasteiger partial charge in [0.1, 0.15) is 0 Å². The van der Waals surface area contributed by atoms with Crippen molar-refractivity contribution in [3.63, 3.8) is 0 Å². The van der Waals surface area contributed by atoms with Crippen LogP contribution in [0, 0.1) is 0 Å². The maximum absolute atomic E-state index is 3.81. The molecule has 0 bridgehead atoms. The largest absolute Gasteiger partial charge is 0.106 e. The molecule has 0 heterocycles. The lowest BCUT2D eigenvalue weighted by molar-refractivity contribution is 1.30. The van der Waals surface area contributed by atoms with Crippen LogP contribution in [-0.4, -0.2) is 0 Å². The zero-order chi connectivity index (χ0) is 15.7. The number of hydrogen-bond donors (Lipinski definition) is 0. The molecule has 0 radical (unpaired) electrons. The Balaban J connectivity index is -0.0000000561. The normalized spacial score (nSPS) is 10.8. The van der Waals surface area contributed by atoms with Crippen LogP contribution >= 0.6 is 0 Å². The molecule has 0 nitrogen and oxygen atoms in total. The Morgan fingerprint density at radius 2 is 0.947 bits per heavy atom. The van der Waals surface area contributed by atoms with E-state index in [1.807, 2.05) is 34.6 Å². The van der Waals surface area contributed by atoms with Gasteiger partial charge in [0.25, 0.3) is 0 Å². The molecule has 0 aliphatic heterocycles. The van der Waals surface area contributed by atoms with Crippen LogP contribution in [0.4, 0.5) is 0 Å². The Morgan fingerprint density at radius 3 is 1.00 bits per heavy atom. The van der Waals surface area contributed by atoms with Crippen LogP contribution in [0.5, 0.6) is 0 Å². The van der Waals surface area contributed by atoms with Crippen LogP contribution < -0.4 is 0 Å². The van der Waals surface area contributed by atoms with Crippen molar-refractivity contribution in [1.82, 2.24) is 0 Å². The Bertz CT molecular complexity index is 240. The van der Waals surface area contributed by atoms with Crippen LogP contribution in [0.2, 0.25) is 0 Å². The molecular weight excluding hydrogens is 228 g/mol. The molecule has 0 atom stereocenters. The molecule has 112 valence electrons. The summed E-state index contributed by atoms with van der Waals surface area (Å²) in [5.41, 5.74) is 4.06. The van der Waals surface area contributed by atoms with Crippen molar-refractivity contribution in [2.24, 2.45) is 0 Å². The molecule has 0 aromatic heterocycles. The van der Waals surface area contributed by atoms with E-state index < -0.39 is 0 Å². The van der Waals surface area contributed by atoms with Gasteiger partial charge in [0.15, 0.2) is 0 Å². The maximum atomic E-state index is 3.81. The summed E-state index contributed by atoms with van der Waals surface area (Å²) in [4.78, 5) is 0. The fraction of sp³-hybridized carbons (Fsp3) is 0.368. The van der Waals surface area contributed by atoms with E-state index >= 15 is 0 Å². The molecule has 0 amide bonds. The molecule has 0 spiro atoms. The van der Waals surface area contributed by atoms with Gasteiger partial charge < -0.3 is 0 Å². The number of hydrogen-bond acceptors (Lipinski definition) is 0. The average molecular weight is 264 g/mol. The lowest BCUT2D eigenvalue weighted by Crippen LogP contribution is -1.73. The van der Waals surface area contributed by atoms with Crippen LogP contribution in [0.15, 0.2) is 74.4 Å². The highest BCUT2D eigenvalue weighted by Gasteiger charge is 2.16. The van der Waals surface area contributed by atoms with Gasteiger partial charge in [-0.3, -0.25) is 0 Å². The highest BCUT2D eigenvalue weighted by molar-refractivity contribution is 5.60. The lowest BCUT2D eigenvalue weighted by Gasteiger charge is -1.92. The fourth-order valence-electron chi connectivity index (χ4n) is 0.898. The van der Waals surface area contributed by atoms with E-state index in [1.54, 1.807) is 6.08 Å². The van der Waals surface area contributed by atoms with E-state index in [9.17, 15) is 0 Å². The summed E-state index contributed by atoms with van der Waals surface area (Å²) < 4.78 is 0. The molecule has 0 aromatic rings. The van der Waals surface area contributed by atoms with Crippen molar-refractivity contribution in [3.8, 4) is 0 Å². The minimum absolute atomic E-state index is 0. The topological polar surface area (TPSA) is 0 Å². The van der Waals surface area contributed by atoms with Crippen molar-refractivity contribution in [2.45, 2.75) is 48.5 Å². The second-order valence-electron chi connectivity index (χ2n) is 2.75. The Labute approximate surface area is 123 Å². The van der Waals surface area contributed by atoms with E-state index in [0.717, 1.165) is 28.7 Å². The second-order valence-corrected chi connectivity index (χ2v) is 2.75. The first-order chi connectivity index (χ1) is 8.54. The molecule has 0 aromatic carbocycles. The van der Waals surface area contributed by atoms with Crippen LogP contribution in [-0.2, 0) is 0 Å². The van der Waals surface area contributed by atoms with Gasteiger partial charge in [-0.15, -0.1) is 19.7 Å². The third-order valence-corrected chi connectivity index (χ3v) is 1.64. The molecule has 1 aliphatic carbocycles. The van der Waals surface area contributed by atoms with Crippen molar-refractivity contribution in [3.05, 3.63) is 74.4 Å². The summed E-state index contributed by atoms with van der Waals surface area (Å²) in [5.74, 6) is 0. The molecule has 0 N–H and O–H groups in total. The molecular formula is C19H36. The SMILES string of the molecule is C.C=C.C=C1CC(=C)C(=C)C1=C.C=CC.CC.CC. The second kappa shape index (κ2) is 25.3. The molecule has 1 aliphatic rings. The minimum Gasteiger partial charge on any atom is -0.106 e. The van der Waals surface area contributed by atoms with Gasteiger partial charge >= 0.3 is 0 Å². The first-order valence-corrected chi connectivity index (χ1v) is 6.36. The van der Waals surface area contributed by atoms with Crippen molar-refractivity contribution < 1.29 is 0 Å². The summed E-state index contributed by atoms with van der Waals surface area (Å²) in [6, 6.07) is 0. The van der Waals surface area contributed by atoms with E-state index in [1.165, 1.54) is 0 Å². The van der Waals surface area contributed by atoms with E-state index in [0.29, 0.717) is 0 Å². The summed E-state index contributed by atoms with van der Waals surface area (Å²) in [5, 5.41) is 0. The van der Waals surface area contributed by atoms with Gasteiger partial charge in [-0.25, -0.2) is 0 Å². The number of rotatable bonds is 0. The summed E-state index contributed by atoms with van der Waals surface area (Å²) in [6.07, 6.45) is 2.61. The van der Waals surface area contributed by atoms with E-state index in [4.69, 9.17) is 0 Å². The van der Waals surface area contributed by atoms with Crippen molar-refractivity contribution >= 4 is 0 Å². The average Bonchev–Trinajstić information content (AvgIpc) is 2.64. The van der Waals surface area contributed by atoms with Gasteiger partial charge in [-0.2, -0.15) is 0 Å². The van der Waals surface area contributed by atoms with Gasteiger partial charge in [0.05, 0.1) is 0 Å². The highest BCUT2D eigenvalue weighted by atomic mass is 14.2. The monoisotopic (exact) mass is 264 g/mol. The van der Waals surface area contributed by atoms with Gasteiger partial charge in [0, 0.05) is 0 Å². The Kier molecular flexibility index (Phi) is 40.6. The first-order valence-electron chi connectivity index (χ1n) is 6.36. The van der Waals surface area contributed by atoms with E-state index in [-0.39, 0.29) is 7.43 Å². The third-order valence-electron chi connectivity index (χ3n) is 1.64. The zero-order valence-electron chi connectivity index (χ0n) is 13.2. The molecule has 19 heavy (non-hydrogen) atoms. The van der Waals surface area contributed by atoms with Crippen LogP contribution in [0.3, 0.4) is 0 Å².